The smallest absolute Gasteiger partial charge is 0.305 e. The summed E-state index contributed by atoms with van der Waals surface area (Å²) >= 11 is 0. The number of hydrogen-bond acceptors (Lipinski definition) is 13. The summed E-state index contributed by atoms with van der Waals surface area (Å²) in [7, 11) is 0. The number of ether oxygens (including phenoxy) is 11. The maximum atomic E-state index is 10.3. The standard InChI is InChI=1S/C25H49N3O13/c26-28-27-2-4-32-6-8-34-10-12-36-14-16-38-18-20-40-22-24-41-23-21-39-19-17-37-15-13-35-11-9-33-7-5-31-3-1-25(29)30/h1-24H2,(H,29,30). The zero-order valence-corrected chi connectivity index (χ0v) is 24.2. The molecule has 0 aromatic carbocycles. The molecule has 0 amide bonds. The second-order valence-electron chi connectivity index (χ2n) is 7.83. The maximum Gasteiger partial charge on any atom is 0.305 e. The van der Waals surface area contributed by atoms with E-state index in [1.54, 1.807) is 0 Å². The van der Waals surface area contributed by atoms with Gasteiger partial charge in [-0.05, 0) is 5.53 Å². The first-order chi connectivity index (χ1) is 20.3. The fourth-order valence-corrected chi connectivity index (χ4v) is 2.61. The van der Waals surface area contributed by atoms with E-state index in [0.29, 0.717) is 145 Å². The van der Waals surface area contributed by atoms with Gasteiger partial charge in [0.25, 0.3) is 0 Å². The molecule has 0 saturated carbocycles. The summed E-state index contributed by atoms with van der Waals surface area (Å²) in [6, 6.07) is 0. The summed E-state index contributed by atoms with van der Waals surface area (Å²) in [5.41, 5.74) is 8.12. The van der Waals surface area contributed by atoms with Gasteiger partial charge < -0.3 is 57.2 Å². The van der Waals surface area contributed by atoms with Crippen LogP contribution >= 0.6 is 0 Å². The second kappa shape index (κ2) is 36.4. The van der Waals surface area contributed by atoms with Crippen LogP contribution < -0.4 is 0 Å². The van der Waals surface area contributed by atoms with Crippen LogP contribution in [-0.2, 0) is 56.9 Å². The van der Waals surface area contributed by atoms with Gasteiger partial charge in [-0.1, -0.05) is 5.11 Å². The molecule has 41 heavy (non-hydrogen) atoms. The highest BCUT2D eigenvalue weighted by molar-refractivity contribution is 5.66. The second-order valence-corrected chi connectivity index (χ2v) is 7.83. The van der Waals surface area contributed by atoms with E-state index in [1.807, 2.05) is 0 Å². The molecule has 0 aliphatic heterocycles. The van der Waals surface area contributed by atoms with Crippen molar-refractivity contribution in [3.8, 4) is 0 Å². The van der Waals surface area contributed by atoms with E-state index >= 15 is 0 Å². The van der Waals surface area contributed by atoms with E-state index in [-0.39, 0.29) is 13.0 Å². The molecule has 0 rings (SSSR count). The molecule has 0 unspecified atom stereocenters. The topological polar surface area (TPSA) is 188 Å². The summed E-state index contributed by atoms with van der Waals surface area (Å²) in [5, 5.41) is 11.8. The molecule has 0 aromatic heterocycles. The van der Waals surface area contributed by atoms with Gasteiger partial charge in [0, 0.05) is 11.5 Å². The minimum absolute atomic E-state index is 0.00438. The Morgan fingerprint density at radius 2 is 0.659 bits per heavy atom. The van der Waals surface area contributed by atoms with Gasteiger partial charge in [0.05, 0.1) is 152 Å². The molecule has 0 radical (unpaired) electrons. The molecule has 0 saturated heterocycles. The molecular formula is C25H49N3O13. The van der Waals surface area contributed by atoms with Gasteiger partial charge in [0.1, 0.15) is 0 Å². The van der Waals surface area contributed by atoms with Crippen molar-refractivity contribution in [3.05, 3.63) is 10.4 Å². The molecule has 242 valence electrons. The first kappa shape index (κ1) is 39.3. The van der Waals surface area contributed by atoms with Gasteiger partial charge in [0.15, 0.2) is 0 Å². The van der Waals surface area contributed by atoms with E-state index < -0.39 is 5.97 Å². The summed E-state index contributed by atoms with van der Waals surface area (Å²) in [6.07, 6.45) is -0.00438. The highest BCUT2D eigenvalue weighted by Gasteiger charge is 1.97. The third kappa shape index (κ3) is 38.3. The van der Waals surface area contributed by atoms with Crippen LogP contribution in [0.5, 0.6) is 0 Å². The number of azide groups is 1. The van der Waals surface area contributed by atoms with E-state index in [1.165, 1.54) is 0 Å². The van der Waals surface area contributed by atoms with Gasteiger partial charge in [-0.25, -0.2) is 0 Å². The van der Waals surface area contributed by atoms with Gasteiger partial charge in [0.2, 0.25) is 0 Å². The van der Waals surface area contributed by atoms with Gasteiger partial charge >= 0.3 is 5.97 Å². The molecule has 0 fully saturated rings. The zero-order chi connectivity index (χ0) is 29.7. The number of carbonyl (C=O) groups is 1. The number of aliphatic carboxylic acids is 1. The lowest BCUT2D eigenvalue weighted by Gasteiger charge is -2.09. The number of carboxylic acids is 1. The minimum Gasteiger partial charge on any atom is -0.481 e. The molecular weight excluding hydrogens is 550 g/mol. The van der Waals surface area contributed by atoms with Crippen LogP contribution in [0.1, 0.15) is 6.42 Å². The van der Waals surface area contributed by atoms with Crippen LogP contribution in [0, 0.1) is 0 Å². The Balaban J connectivity index is 3.04. The molecule has 0 atom stereocenters. The Hall–Kier alpha value is -1.66. The Kier molecular flexibility index (Phi) is 34.9. The van der Waals surface area contributed by atoms with Crippen LogP contribution in [0.3, 0.4) is 0 Å². The predicted octanol–water partition coefficient (Wildman–Crippen LogP) is 0.954. The van der Waals surface area contributed by atoms with Crippen LogP contribution in [0.15, 0.2) is 5.11 Å². The lowest BCUT2D eigenvalue weighted by molar-refractivity contribution is -0.138. The van der Waals surface area contributed by atoms with Gasteiger partial charge in [-0.2, -0.15) is 0 Å². The molecule has 0 bridgehead atoms. The summed E-state index contributed by atoms with van der Waals surface area (Å²) in [4.78, 5) is 12.9. The highest BCUT2D eigenvalue weighted by Crippen LogP contribution is 1.88. The lowest BCUT2D eigenvalue weighted by atomic mass is 10.5. The predicted molar refractivity (Wildman–Crippen MR) is 145 cm³/mol. The monoisotopic (exact) mass is 599 g/mol. The third-order valence-corrected chi connectivity index (χ3v) is 4.58. The summed E-state index contributed by atoms with van der Waals surface area (Å²) in [6.45, 7) is 10.3. The molecule has 16 heteroatoms. The summed E-state index contributed by atoms with van der Waals surface area (Å²) < 4.78 is 58.9. The van der Waals surface area contributed by atoms with Gasteiger partial charge in [-0.3, -0.25) is 4.79 Å². The molecule has 0 aliphatic rings. The fourth-order valence-electron chi connectivity index (χ4n) is 2.61. The number of hydrogen-bond donors (Lipinski definition) is 1. The third-order valence-electron chi connectivity index (χ3n) is 4.58. The van der Waals surface area contributed by atoms with Crippen molar-refractivity contribution in [2.75, 3.05) is 152 Å². The average Bonchev–Trinajstić information content (AvgIpc) is 2.97. The van der Waals surface area contributed by atoms with E-state index in [2.05, 4.69) is 10.0 Å². The Labute approximate surface area is 242 Å². The fraction of sp³-hybridized carbons (Fsp3) is 0.960. The van der Waals surface area contributed by atoms with Gasteiger partial charge in [-0.15, -0.1) is 0 Å². The first-order valence-corrected chi connectivity index (χ1v) is 13.8. The van der Waals surface area contributed by atoms with Crippen LogP contribution in [-0.4, -0.2) is 163 Å². The van der Waals surface area contributed by atoms with Crippen molar-refractivity contribution >= 4 is 5.97 Å². The Bertz CT molecular complexity index is 553. The maximum absolute atomic E-state index is 10.3. The van der Waals surface area contributed by atoms with Crippen LogP contribution in [0.25, 0.3) is 10.4 Å². The van der Waals surface area contributed by atoms with Crippen molar-refractivity contribution in [1.29, 1.82) is 0 Å². The van der Waals surface area contributed by atoms with Crippen molar-refractivity contribution < 1.29 is 62.0 Å². The number of nitrogens with zero attached hydrogens (tertiary/aromatic N) is 3. The normalized spacial score (nSPS) is 11.1. The molecule has 16 nitrogen and oxygen atoms in total. The molecule has 0 aromatic rings. The Morgan fingerprint density at radius 1 is 0.439 bits per heavy atom. The number of carboxylic acid groups (broad SMARTS) is 1. The minimum atomic E-state index is -0.877. The first-order valence-electron chi connectivity index (χ1n) is 13.8. The van der Waals surface area contributed by atoms with Crippen molar-refractivity contribution in [2.24, 2.45) is 5.11 Å². The van der Waals surface area contributed by atoms with E-state index in [9.17, 15) is 4.79 Å². The van der Waals surface area contributed by atoms with Crippen molar-refractivity contribution in [1.82, 2.24) is 0 Å². The lowest BCUT2D eigenvalue weighted by Crippen LogP contribution is -2.15. The summed E-state index contributed by atoms with van der Waals surface area (Å²) in [5.74, 6) is -0.877. The van der Waals surface area contributed by atoms with E-state index in [0.717, 1.165) is 0 Å². The molecule has 0 aliphatic carbocycles. The Morgan fingerprint density at radius 3 is 0.878 bits per heavy atom. The number of rotatable bonds is 36. The highest BCUT2D eigenvalue weighted by atomic mass is 16.6. The molecule has 0 heterocycles. The van der Waals surface area contributed by atoms with Crippen LogP contribution in [0.2, 0.25) is 0 Å². The van der Waals surface area contributed by atoms with Crippen molar-refractivity contribution in [3.63, 3.8) is 0 Å². The van der Waals surface area contributed by atoms with Crippen molar-refractivity contribution in [2.45, 2.75) is 6.42 Å². The zero-order valence-electron chi connectivity index (χ0n) is 24.2. The van der Waals surface area contributed by atoms with E-state index in [4.69, 9.17) is 62.7 Å². The average molecular weight is 600 g/mol. The quantitative estimate of drug-likeness (QED) is 0.0464. The molecule has 1 N–H and O–H groups in total. The SMILES string of the molecule is [N-]=[N+]=NCCOCCOCCOCCOCCOCCOCCOCCOCCOCCOCCOCCC(=O)O. The molecule has 0 spiro atoms. The largest absolute Gasteiger partial charge is 0.481 e. The van der Waals surface area contributed by atoms with Crippen LogP contribution in [0.4, 0.5) is 0 Å².